The number of aromatic hydroxyl groups is 1. The van der Waals surface area contributed by atoms with Gasteiger partial charge < -0.3 is 5.11 Å². The molecule has 0 radical (unpaired) electrons. The van der Waals surface area contributed by atoms with Gasteiger partial charge in [-0.25, -0.2) is 0 Å². The third kappa shape index (κ3) is 2.73. The molecular weight excluding hydrogens is 266 g/mol. The van der Waals surface area contributed by atoms with Gasteiger partial charge in [-0.1, -0.05) is 43.0 Å². The van der Waals surface area contributed by atoms with Crippen LogP contribution in [0.2, 0.25) is 0 Å². The van der Waals surface area contributed by atoms with Crippen LogP contribution in [0.4, 0.5) is 0 Å². The molecule has 5 heteroatoms. The van der Waals surface area contributed by atoms with Crippen molar-refractivity contribution in [1.82, 2.24) is 4.90 Å². The Morgan fingerprint density at radius 1 is 1.39 bits per heavy atom. The van der Waals surface area contributed by atoms with Crippen LogP contribution in [0.15, 0.2) is 29.2 Å². The molecule has 1 saturated heterocycles. The van der Waals surface area contributed by atoms with Crippen molar-refractivity contribution in [2.45, 2.75) is 13.3 Å². The highest BCUT2D eigenvalue weighted by Gasteiger charge is 2.30. The highest BCUT2D eigenvalue weighted by atomic mass is 32.2. The van der Waals surface area contributed by atoms with Crippen molar-refractivity contribution in [2.75, 3.05) is 6.54 Å². The first-order valence-electron chi connectivity index (χ1n) is 5.66. The maximum Gasteiger partial charge on any atom is 0.266 e. The van der Waals surface area contributed by atoms with Crippen LogP contribution >= 0.6 is 24.0 Å². The number of hydrogen-bond acceptors (Lipinski definition) is 4. The molecule has 2 rings (SSSR count). The lowest BCUT2D eigenvalue weighted by molar-refractivity contribution is -0.122. The average molecular weight is 279 g/mol. The number of thioether (sulfide) groups is 1. The summed E-state index contributed by atoms with van der Waals surface area (Å²) in [6.45, 7) is 2.68. The lowest BCUT2D eigenvalue weighted by atomic mass is 10.2. The summed E-state index contributed by atoms with van der Waals surface area (Å²) in [7, 11) is 0. The Labute approximate surface area is 115 Å². The van der Waals surface area contributed by atoms with Crippen molar-refractivity contribution in [3.8, 4) is 5.75 Å². The van der Waals surface area contributed by atoms with Crippen LogP contribution in [0.5, 0.6) is 5.75 Å². The molecule has 0 aromatic heterocycles. The fourth-order valence-electron chi connectivity index (χ4n) is 1.64. The number of thiocarbonyl (C=S) groups is 1. The first kappa shape index (κ1) is 13.1. The van der Waals surface area contributed by atoms with Gasteiger partial charge in [-0.2, -0.15) is 0 Å². The molecule has 3 nitrogen and oxygen atoms in total. The number of phenolic OH excluding ortho intramolecular Hbond substituents is 1. The zero-order valence-corrected chi connectivity index (χ0v) is 11.6. The highest BCUT2D eigenvalue weighted by molar-refractivity contribution is 8.26. The molecule has 0 atom stereocenters. The SMILES string of the molecule is CCCN1C(=O)C(=Cc2ccc(O)cc2)SC1=S. The van der Waals surface area contributed by atoms with Crippen LogP contribution in [0.3, 0.4) is 0 Å². The minimum atomic E-state index is -0.0278. The second-order valence-corrected chi connectivity index (χ2v) is 5.60. The van der Waals surface area contributed by atoms with Crippen LogP contribution in [-0.2, 0) is 4.79 Å². The third-order valence-electron chi connectivity index (χ3n) is 2.51. The van der Waals surface area contributed by atoms with Gasteiger partial charge in [0.05, 0.1) is 4.91 Å². The summed E-state index contributed by atoms with van der Waals surface area (Å²) in [5.41, 5.74) is 0.879. The van der Waals surface area contributed by atoms with Gasteiger partial charge in [-0.15, -0.1) is 0 Å². The van der Waals surface area contributed by atoms with Gasteiger partial charge in [0.25, 0.3) is 5.91 Å². The molecule has 1 aliphatic heterocycles. The molecule has 1 heterocycles. The normalized spacial score (nSPS) is 17.8. The number of benzene rings is 1. The molecule has 1 N–H and O–H groups in total. The summed E-state index contributed by atoms with van der Waals surface area (Å²) in [6.07, 6.45) is 2.69. The molecule has 1 aromatic carbocycles. The Balaban J connectivity index is 2.22. The minimum absolute atomic E-state index is 0.0278. The van der Waals surface area contributed by atoms with Gasteiger partial charge in [-0.05, 0) is 30.2 Å². The van der Waals surface area contributed by atoms with Crippen molar-refractivity contribution >= 4 is 40.3 Å². The summed E-state index contributed by atoms with van der Waals surface area (Å²) in [5.74, 6) is 0.186. The number of rotatable bonds is 3. The van der Waals surface area contributed by atoms with E-state index >= 15 is 0 Å². The van der Waals surface area contributed by atoms with E-state index in [1.165, 1.54) is 11.8 Å². The van der Waals surface area contributed by atoms with Gasteiger partial charge in [-0.3, -0.25) is 9.69 Å². The maximum atomic E-state index is 12.1. The van der Waals surface area contributed by atoms with E-state index in [0.717, 1.165) is 12.0 Å². The maximum absolute atomic E-state index is 12.1. The lowest BCUT2D eigenvalue weighted by Gasteiger charge is -2.11. The fraction of sp³-hybridized carbons (Fsp3) is 0.231. The summed E-state index contributed by atoms with van der Waals surface area (Å²) in [5, 5.41) is 9.20. The van der Waals surface area contributed by atoms with Crippen molar-refractivity contribution in [1.29, 1.82) is 0 Å². The van der Waals surface area contributed by atoms with E-state index in [0.29, 0.717) is 15.8 Å². The molecule has 94 valence electrons. The molecule has 0 spiro atoms. The van der Waals surface area contributed by atoms with Crippen LogP contribution in [0.25, 0.3) is 6.08 Å². The summed E-state index contributed by atoms with van der Waals surface area (Å²) in [4.78, 5) is 14.3. The Morgan fingerprint density at radius 2 is 2.06 bits per heavy atom. The second kappa shape index (κ2) is 5.54. The Bertz CT molecular complexity index is 508. The van der Waals surface area contributed by atoms with Crippen molar-refractivity contribution in [3.05, 3.63) is 34.7 Å². The molecule has 1 aliphatic rings. The molecule has 1 amide bonds. The number of carbonyl (C=O) groups excluding carboxylic acids is 1. The van der Waals surface area contributed by atoms with Crippen LogP contribution in [0.1, 0.15) is 18.9 Å². The first-order chi connectivity index (χ1) is 8.61. The van der Waals surface area contributed by atoms with Gasteiger partial charge in [0.1, 0.15) is 10.1 Å². The largest absolute Gasteiger partial charge is 0.508 e. The smallest absolute Gasteiger partial charge is 0.266 e. The first-order valence-corrected chi connectivity index (χ1v) is 6.88. The standard InChI is InChI=1S/C13H13NO2S2/c1-2-7-14-12(16)11(18-13(14)17)8-9-3-5-10(15)6-4-9/h3-6,8,15H,2,7H2,1H3. The Morgan fingerprint density at radius 3 is 2.67 bits per heavy atom. The number of hydrogen-bond donors (Lipinski definition) is 1. The molecule has 1 fully saturated rings. The van der Waals surface area contributed by atoms with Gasteiger partial charge >= 0.3 is 0 Å². The van der Waals surface area contributed by atoms with Gasteiger partial charge in [0.2, 0.25) is 0 Å². The summed E-state index contributed by atoms with van der Waals surface area (Å²) < 4.78 is 0.617. The van der Waals surface area contributed by atoms with E-state index in [1.807, 2.05) is 6.92 Å². The highest BCUT2D eigenvalue weighted by Crippen LogP contribution is 2.32. The van der Waals surface area contributed by atoms with E-state index in [-0.39, 0.29) is 11.7 Å². The van der Waals surface area contributed by atoms with Crippen LogP contribution in [0, 0.1) is 0 Å². The molecule has 18 heavy (non-hydrogen) atoms. The van der Waals surface area contributed by atoms with E-state index in [9.17, 15) is 9.90 Å². The predicted octanol–water partition coefficient (Wildman–Crippen LogP) is 3.00. The molecule has 1 aromatic rings. The molecular formula is C13H13NO2S2. The summed E-state index contributed by atoms with van der Waals surface area (Å²) >= 11 is 6.51. The number of amides is 1. The van der Waals surface area contributed by atoms with E-state index in [1.54, 1.807) is 35.2 Å². The Hall–Kier alpha value is -1.33. The minimum Gasteiger partial charge on any atom is -0.508 e. The quantitative estimate of drug-likeness (QED) is 0.682. The average Bonchev–Trinajstić information content (AvgIpc) is 2.60. The molecule has 0 aliphatic carbocycles. The number of carbonyl (C=O) groups is 1. The molecule has 0 bridgehead atoms. The van der Waals surface area contributed by atoms with Gasteiger partial charge in [0, 0.05) is 6.54 Å². The van der Waals surface area contributed by atoms with Crippen LogP contribution in [-0.4, -0.2) is 26.8 Å². The third-order valence-corrected chi connectivity index (χ3v) is 3.89. The monoisotopic (exact) mass is 279 g/mol. The summed E-state index contributed by atoms with van der Waals surface area (Å²) in [6, 6.07) is 6.72. The van der Waals surface area contributed by atoms with E-state index < -0.39 is 0 Å². The second-order valence-electron chi connectivity index (χ2n) is 3.92. The van der Waals surface area contributed by atoms with Crippen LogP contribution < -0.4 is 0 Å². The van der Waals surface area contributed by atoms with Crippen molar-refractivity contribution < 1.29 is 9.90 Å². The lowest BCUT2D eigenvalue weighted by Crippen LogP contribution is -2.28. The molecule has 0 unspecified atom stereocenters. The topological polar surface area (TPSA) is 40.5 Å². The van der Waals surface area contributed by atoms with E-state index in [2.05, 4.69) is 0 Å². The number of phenols is 1. The number of nitrogens with zero attached hydrogens (tertiary/aromatic N) is 1. The Kier molecular flexibility index (Phi) is 4.04. The zero-order valence-electron chi connectivity index (χ0n) is 9.92. The van der Waals surface area contributed by atoms with Crippen molar-refractivity contribution in [2.24, 2.45) is 0 Å². The fourth-order valence-corrected chi connectivity index (χ4v) is 2.95. The zero-order chi connectivity index (χ0) is 13.1. The van der Waals surface area contributed by atoms with Crippen molar-refractivity contribution in [3.63, 3.8) is 0 Å². The molecule has 0 saturated carbocycles. The predicted molar refractivity (Wildman–Crippen MR) is 78.3 cm³/mol. The van der Waals surface area contributed by atoms with Gasteiger partial charge in [0.15, 0.2) is 0 Å². The van der Waals surface area contributed by atoms with E-state index in [4.69, 9.17) is 12.2 Å².